The van der Waals surface area contributed by atoms with Crippen molar-refractivity contribution in [3.8, 4) is 0 Å². The summed E-state index contributed by atoms with van der Waals surface area (Å²) in [6.07, 6.45) is 3.20. The molecule has 1 aromatic carbocycles. The van der Waals surface area contributed by atoms with Gasteiger partial charge in [0.25, 0.3) is 0 Å². The van der Waals surface area contributed by atoms with Gasteiger partial charge in [0, 0.05) is 19.2 Å². The fourth-order valence-electron chi connectivity index (χ4n) is 2.17. The molecule has 7 heteroatoms. The molecule has 2 rings (SSSR count). The van der Waals surface area contributed by atoms with Crippen LogP contribution in [0.4, 0.5) is 0 Å². The summed E-state index contributed by atoms with van der Waals surface area (Å²) in [7, 11) is -3.59. The molecule has 1 N–H and O–H groups in total. The molecule has 0 amide bonds. The molecule has 1 saturated carbocycles. The zero-order chi connectivity index (χ0) is 14.8. The van der Waals surface area contributed by atoms with Gasteiger partial charge in [-0.3, -0.25) is 0 Å². The normalized spacial score (nSPS) is 16.4. The van der Waals surface area contributed by atoms with Crippen LogP contribution in [-0.4, -0.2) is 37.0 Å². The molecule has 1 aromatic rings. The topological polar surface area (TPSA) is 57.6 Å². The maximum Gasteiger partial charge on any atom is 0.243 e. The van der Waals surface area contributed by atoms with Crippen molar-refractivity contribution in [3.05, 3.63) is 28.2 Å². The van der Waals surface area contributed by atoms with Crippen LogP contribution in [0.5, 0.6) is 0 Å². The van der Waals surface area contributed by atoms with E-state index in [2.05, 4.69) is 0 Å². The van der Waals surface area contributed by atoms with Crippen molar-refractivity contribution in [1.82, 2.24) is 4.31 Å². The lowest BCUT2D eigenvalue weighted by molar-refractivity contribution is 0.198. The largest absolute Gasteiger partial charge is 0.396 e. The predicted octanol–water partition coefficient (Wildman–Crippen LogP) is 2.92. The summed E-state index contributed by atoms with van der Waals surface area (Å²) in [5.74, 6) is 0. The minimum atomic E-state index is -3.59. The van der Waals surface area contributed by atoms with Crippen LogP contribution in [0.15, 0.2) is 23.1 Å². The number of rotatable bonds is 6. The molecular formula is C13H17Cl2NO3S. The van der Waals surface area contributed by atoms with Crippen LogP contribution in [-0.2, 0) is 10.0 Å². The molecule has 0 radical (unpaired) electrons. The molecule has 0 aromatic heterocycles. The molecule has 20 heavy (non-hydrogen) atoms. The summed E-state index contributed by atoms with van der Waals surface area (Å²) in [4.78, 5) is 0.150. The maximum absolute atomic E-state index is 12.7. The first-order valence-corrected chi connectivity index (χ1v) is 8.74. The van der Waals surface area contributed by atoms with Crippen LogP contribution in [0.25, 0.3) is 0 Å². The first-order valence-electron chi connectivity index (χ1n) is 6.54. The van der Waals surface area contributed by atoms with Crippen LogP contribution in [0.2, 0.25) is 10.0 Å². The van der Waals surface area contributed by atoms with E-state index in [0.717, 1.165) is 19.3 Å². The van der Waals surface area contributed by atoms with Crippen molar-refractivity contribution >= 4 is 33.2 Å². The molecular weight excluding hydrogens is 321 g/mol. The van der Waals surface area contributed by atoms with Gasteiger partial charge in [-0.25, -0.2) is 8.42 Å². The summed E-state index contributed by atoms with van der Waals surface area (Å²) >= 11 is 11.7. The fourth-order valence-corrected chi connectivity index (χ4v) is 4.29. The first kappa shape index (κ1) is 16.0. The molecule has 1 aliphatic carbocycles. The zero-order valence-electron chi connectivity index (χ0n) is 10.9. The van der Waals surface area contributed by atoms with E-state index in [9.17, 15) is 8.42 Å². The van der Waals surface area contributed by atoms with Gasteiger partial charge in [-0.15, -0.1) is 0 Å². The quantitative estimate of drug-likeness (QED) is 0.868. The second-order valence-electron chi connectivity index (χ2n) is 4.85. The number of hydrogen-bond donors (Lipinski definition) is 1. The second-order valence-corrected chi connectivity index (χ2v) is 7.56. The van der Waals surface area contributed by atoms with Gasteiger partial charge >= 0.3 is 0 Å². The van der Waals surface area contributed by atoms with E-state index >= 15 is 0 Å². The minimum Gasteiger partial charge on any atom is -0.396 e. The highest BCUT2D eigenvalue weighted by molar-refractivity contribution is 7.89. The lowest BCUT2D eigenvalue weighted by Gasteiger charge is -2.36. The summed E-state index contributed by atoms with van der Waals surface area (Å²) < 4.78 is 26.8. The van der Waals surface area contributed by atoms with Gasteiger partial charge in [-0.05, 0) is 37.5 Å². The molecule has 4 nitrogen and oxygen atoms in total. The van der Waals surface area contributed by atoms with Crippen molar-refractivity contribution in [1.29, 1.82) is 0 Å². The summed E-state index contributed by atoms with van der Waals surface area (Å²) in [6, 6.07) is 4.36. The number of aliphatic hydroxyl groups excluding tert-OH is 1. The SMILES string of the molecule is O=S(=O)(c1ccc(Cl)c(Cl)c1)N(CCCO)C1CCC1. The monoisotopic (exact) mass is 337 g/mol. The second kappa shape index (κ2) is 6.62. The molecule has 0 aliphatic heterocycles. The number of halogens is 2. The predicted molar refractivity (Wildman–Crippen MR) is 79.7 cm³/mol. The van der Waals surface area contributed by atoms with E-state index in [1.54, 1.807) is 0 Å². The minimum absolute atomic E-state index is 0.0277. The molecule has 0 unspecified atom stereocenters. The Labute approximate surface area is 129 Å². The molecule has 1 aliphatic rings. The Morgan fingerprint density at radius 2 is 1.95 bits per heavy atom. The number of benzene rings is 1. The average Bonchev–Trinajstić information content (AvgIpc) is 2.35. The number of nitrogens with zero attached hydrogens (tertiary/aromatic N) is 1. The van der Waals surface area contributed by atoms with Crippen LogP contribution in [0.3, 0.4) is 0 Å². The Hall–Kier alpha value is -0.330. The van der Waals surface area contributed by atoms with Crippen LogP contribution in [0.1, 0.15) is 25.7 Å². The Kier molecular flexibility index (Phi) is 5.31. The van der Waals surface area contributed by atoms with Gasteiger partial charge in [0.2, 0.25) is 10.0 Å². The molecule has 1 fully saturated rings. The third-order valence-corrected chi connectivity index (χ3v) is 6.20. The summed E-state index contributed by atoms with van der Waals surface area (Å²) in [6.45, 7) is 0.295. The highest BCUT2D eigenvalue weighted by Crippen LogP contribution is 2.32. The van der Waals surface area contributed by atoms with Crippen molar-refractivity contribution < 1.29 is 13.5 Å². The van der Waals surface area contributed by atoms with Gasteiger partial charge in [0.15, 0.2) is 0 Å². The third kappa shape index (κ3) is 3.28. The van der Waals surface area contributed by atoms with E-state index in [1.807, 2.05) is 0 Å². The van der Waals surface area contributed by atoms with E-state index in [0.29, 0.717) is 18.0 Å². The Morgan fingerprint density at radius 3 is 2.45 bits per heavy atom. The maximum atomic E-state index is 12.7. The Morgan fingerprint density at radius 1 is 1.25 bits per heavy atom. The van der Waals surface area contributed by atoms with E-state index in [-0.39, 0.29) is 22.6 Å². The average molecular weight is 338 g/mol. The zero-order valence-corrected chi connectivity index (χ0v) is 13.3. The summed E-state index contributed by atoms with van der Waals surface area (Å²) in [5, 5.41) is 9.50. The molecule has 0 atom stereocenters. The third-order valence-electron chi connectivity index (χ3n) is 3.52. The van der Waals surface area contributed by atoms with Gasteiger partial charge in [0.05, 0.1) is 14.9 Å². The highest BCUT2D eigenvalue weighted by atomic mass is 35.5. The first-order chi connectivity index (χ1) is 9.46. The van der Waals surface area contributed by atoms with Gasteiger partial charge in [-0.2, -0.15) is 4.31 Å². The molecule has 0 bridgehead atoms. The van der Waals surface area contributed by atoms with Crippen molar-refractivity contribution in [2.45, 2.75) is 36.6 Å². The summed E-state index contributed by atoms with van der Waals surface area (Å²) in [5.41, 5.74) is 0. The number of hydrogen-bond acceptors (Lipinski definition) is 3. The Balaban J connectivity index is 2.30. The lowest BCUT2D eigenvalue weighted by Crippen LogP contribution is -2.44. The standard InChI is InChI=1S/C13H17Cl2NO3S/c14-12-6-5-11(9-13(12)15)20(18,19)16(7-2-8-17)10-3-1-4-10/h5-6,9-10,17H,1-4,7-8H2. The van der Waals surface area contributed by atoms with Crippen molar-refractivity contribution in [3.63, 3.8) is 0 Å². The van der Waals surface area contributed by atoms with Gasteiger partial charge in [-0.1, -0.05) is 29.6 Å². The lowest BCUT2D eigenvalue weighted by atomic mass is 9.93. The number of sulfonamides is 1. The molecule has 112 valence electrons. The number of aliphatic hydroxyl groups is 1. The van der Waals surface area contributed by atoms with Crippen LogP contribution >= 0.6 is 23.2 Å². The van der Waals surface area contributed by atoms with Gasteiger partial charge in [0.1, 0.15) is 0 Å². The van der Waals surface area contributed by atoms with E-state index in [1.165, 1.54) is 22.5 Å². The van der Waals surface area contributed by atoms with Gasteiger partial charge < -0.3 is 5.11 Å². The van der Waals surface area contributed by atoms with Crippen molar-refractivity contribution in [2.75, 3.05) is 13.2 Å². The Bertz CT molecular complexity index is 573. The fraction of sp³-hybridized carbons (Fsp3) is 0.538. The van der Waals surface area contributed by atoms with Crippen LogP contribution in [0, 0.1) is 0 Å². The highest BCUT2D eigenvalue weighted by Gasteiger charge is 2.34. The smallest absolute Gasteiger partial charge is 0.243 e. The van der Waals surface area contributed by atoms with E-state index < -0.39 is 10.0 Å². The molecule has 0 spiro atoms. The van der Waals surface area contributed by atoms with Crippen LogP contribution < -0.4 is 0 Å². The molecule has 0 heterocycles. The van der Waals surface area contributed by atoms with E-state index in [4.69, 9.17) is 28.3 Å². The molecule has 0 saturated heterocycles. The van der Waals surface area contributed by atoms with Crippen molar-refractivity contribution in [2.24, 2.45) is 0 Å².